The first-order valence-corrected chi connectivity index (χ1v) is 7.46. The van der Waals surface area contributed by atoms with Crippen molar-refractivity contribution >= 4 is 23.4 Å². The van der Waals surface area contributed by atoms with E-state index >= 15 is 0 Å². The van der Waals surface area contributed by atoms with Gasteiger partial charge in [-0.2, -0.15) is 13.2 Å². The highest BCUT2D eigenvalue weighted by molar-refractivity contribution is 6.30. The van der Waals surface area contributed by atoms with Crippen LogP contribution in [0.25, 0.3) is 0 Å². The molecule has 1 heterocycles. The van der Waals surface area contributed by atoms with Gasteiger partial charge in [0, 0.05) is 17.8 Å². The SMILES string of the molecule is O=C(CNC(=O)c1cc(Cl)ccn1)NCc1ccc(C(F)(F)F)cc1. The van der Waals surface area contributed by atoms with Crippen molar-refractivity contribution in [1.29, 1.82) is 0 Å². The molecule has 2 aromatic rings. The summed E-state index contributed by atoms with van der Waals surface area (Å²) in [7, 11) is 0. The van der Waals surface area contributed by atoms with Gasteiger partial charge in [-0.25, -0.2) is 0 Å². The first-order valence-electron chi connectivity index (χ1n) is 7.08. The van der Waals surface area contributed by atoms with Gasteiger partial charge in [-0.1, -0.05) is 23.7 Å². The largest absolute Gasteiger partial charge is 0.416 e. The fraction of sp³-hybridized carbons (Fsp3) is 0.188. The van der Waals surface area contributed by atoms with E-state index in [2.05, 4.69) is 15.6 Å². The van der Waals surface area contributed by atoms with E-state index in [0.717, 1.165) is 12.1 Å². The van der Waals surface area contributed by atoms with Gasteiger partial charge in [0.1, 0.15) is 5.69 Å². The zero-order chi connectivity index (χ0) is 18.4. The third-order valence-electron chi connectivity index (χ3n) is 3.14. The van der Waals surface area contributed by atoms with Gasteiger partial charge in [0.15, 0.2) is 0 Å². The fourth-order valence-corrected chi connectivity index (χ4v) is 2.01. The lowest BCUT2D eigenvalue weighted by Crippen LogP contribution is -2.36. The summed E-state index contributed by atoms with van der Waals surface area (Å²) in [4.78, 5) is 27.3. The number of nitrogens with one attached hydrogen (secondary N) is 2. The molecule has 2 rings (SSSR count). The molecule has 9 heteroatoms. The molecule has 25 heavy (non-hydrogen) atoms. The van der Waals surface area contributed by atoms with E-state index in [1.165, 1.54) is 30.5 Å². The van der Waals surface area contributed by atoms with Crippen LogP contribution in [-0.4, -0.2) is 23.3 Å². The second kappa shape index (κ2) is 7.98. The maximum absolute atomic E-state index is 12.5. The highest BCUT2D eigenvalue weighted by Gasteiger charge is 2.29. The van der Waals surface area contributed by atoms with Gasteiger partial charge < -0.3 is 10.6 Å². The van der Waals surface area contributed by atoms with E-state index < -0.39 is 23.6 Å². The van der Waals surface area contributed by atoms with Crippen molar-refractivity contribution in [2.24, 2.45) is 0 Å². The van der Waals surface area contributed by atoms with Crippen molar-refractivity contribution in [2.45, 2.75) is 12.7 Å². The molecule has 2 amide bonds. The number of pyridine rings is 1. The van der Waals surface area contributed by atoms with Crippen LogP contribution >= 0.6 is 11.6 Å². The van der Waals surface area contributed by atoms with E-state index in [9.17, 15) is 22.8 Å². The molecule has 0 atom stereocenters. The Bertz CT molecular complexity index is 764. The summed E-state index contributed by atoms with van der Waals surface area (Å²) in [6.07, 6.45) is -3.04. The Labute approximate surface area is 146 Å². The Kier molecular flexibility index (Phi) is 5.97. The highest BCUT2D eigenvalue weighted by Crippen LogP contribution is 2.28. The van der Waals surface area contributed by atoms with E-state index in [1.807, 2.05) is 0 Å². The molecular formula is C16H13ClF3N3O2. The van der Waals surface area contributed by atoms with Gasteiger partial charge in [-0.3, -0.25) is 14.6 Å². The number of carbonyl (C=O) groups excluding carboxylic acids is 2. The Hall–Kier alpha value is -2.61. The van der Waals surface area contributed by atoms with Crippen LogP contribution in [0.15, 0.2) is 42.6 Å². The summed E-state index contributed by atoms with van der Waals surface area (Å²) >= 11 is 5.74. The maximum Gasteiger partial charge on any atom is 0.416 e. The second-order valence-electron chi connectivity index (χ2n) is 5.01. The van der Waals surface area contributed by atoms with Crippen molar-refractivity contribution in [3.8, 4) is 0 Å². The third-order valence-corrected chi connectivity index (χ3v) is 3.37. The number of carbonyl (C=O) groups is 2. The van der Waals surface area contributed by atoms with Crippen LogP contribution < -0.4 is 10.6 Å². The van der Waals surface area contributed by atoms with Crippen molar-refractivity contribution in [2.75, 3.05) is 6.54 Å². The van der Waals surface area contributed by atoms with E-state index in [1.54, 1.807) is 0 Å². The first-order chi connectivity index (χ1) is 11.8. The standard InChI is InChI=1S/C16H13ClF3N3O2/c17-12-5-6-21-13(7-12)15(25)23-9-14(24)22-8-10-1-3-11(4-2-10)16(18,19)20/h1-7H,8-9H2,(H,22,24)(H,23,25). The number of nitrogens with zero attached hydrogens (tertiary/aromatic N) is 1. The molecule has 0 bridgehead atoms. The average Bonchev–Trinajstić information content (AvgIpc) is 2.57. The minimum absolute atomic E-state index is 0.0439. The van der Waals surface area contributed by atoms with Crippen molar-refractivity contribution in [3.05, 3.63) is 64.4 Å². The Morgan fingerprint density at radius 2 is 1.76 bits per heavy atom. The number of alkyl halides is 3. The number of rotatable bonds is 5. The molecule has 0 saturated carbocycles. The summed E-state index contributed by atoms with van der Waals surface area (Å²) in [6.45, 7) is -0.254. The van der Waals surface area contributed by atoms with Gasteiger partial charge in [-0.05, 0) is 29.8 Å². The van der Waals surface area contributed by atoms with Crippen LogP contribution in [0.2, 0.25) is 5.02 Å². The molecule has 0 radical (unpaired) electrons. The quantitative estimate of drug-likeness (QED) is 0.849. The van der Waals surface area contributed by atoms with Gasteiger partial charge in [0.2, 0.25) is 5.91 Å². The Morgan fingerprint density at radius 3 is 2.36 bits per heavy atom. The van der Waals surface area contributed by atoms with Crippen LogP contribution in [0.5, 0.6) is 0 Å². The molecule has 1 aromatic heterocycles. The molecule has 0 saturated heterocycles. The van der Waals surface area contributed by atoms with Gasteiger partial charge >= 0.3 is 6.18 Å². The first kappa shape index (κ1) is 18.7. The zero-order valence-electron chi connectivity index (χ0n) is 12.7. The monoisotopic (exact) mass is 371 g/mol. The summed E-state index contributed by atoms with van der Waals surface area (Å²) in [5, 5.41) is 5.20. The average molecular weight is 372 g/mol. The predicted molar refractivity (Wildman–Crippen MR) is 84.9 cm³/mol. The highest BCUT2D eigenvalue weighted by atomic mass is 35.5. The van der Waals surface area contributed by atoms with Crippen LogP contribution in [0.3, 0.4) is 0 Å². The van der Waals surface area contributed by atoms with Crippen molar-refractivity contribution < 1.29 is 22.8 Å². The summed E-state index contributed by atoms with van der Waals surface area (Å²) in [5.41, 5.74) is -0.184. The van der Waals surface area contributed by atoms with Crippen LogP contribution in [0.1, 0.15) is 21.6 Å². The lowest BCUT2D eigenvalue weighted by atomic mass is 10.1. The van der Waals surface area contributed by atoms with Crippen LogP contribution in [0.4, 0.5) is 13.2 Å². The lowest BCUT2D eigenvalue weighted by Gasteiger charge is -2.09. The van der Waals surface area contributed by atoms with Crippen LogP contribution in [-0.2, 0) is 17.5 Å². The third kappa shape index (κ3) is 5.75. The second-order valence-corrected chi connectivity index (χ2v) is 5.45. The molecule has 1 aromatic carbocycles. The number of benzene rings is 1. The zero-order valence-corrected chi connectivity index (χ0v) is 13.5. The molecule has 0 aliphatic carbocycles. The Morgan fingerprint density at radius 1 is 1.08 bits per heavy atom. The molecule has 0 aliphatic heterocycles. The Balaban J connectivity index is 1.80. The van der Waals surface area contributed by atoms with E-state index in [-0.39, 0.29) is 18.8 Å². The summed E-state index contributed by atoms with van der Waals surface area (Å²) < 4.78 is 37.4. The van der Waals surface area contributed by atoms with Gasteiger partial charge in [0.05, 0.1) is 12.1 Å². The molecule has 132 valence electrons. The number of hydrogen-bond donors (Lipinski definition) is 2. The van der Waals surface area contributed by atoms with Gasteiger partial charge in [-0.15, -0.1) is 0 Å². The van der Waals surface area contributed by atoms with Gasteiger partial charge in [0.25, 0.3) is 5.91 Å². The molecule has 0 aliphatic rings. The number of amides is 2. The van der Waals surface area contributed by atoms with E-state index in [0.29, 0.717) is 10.6 Å². The van der Waals surface area contributed by atoms with E-state index in [4.69, 9.17) is 11.6 Å². The molecule has 0 fully saturated rings. The minimum atomic E-state index is -4.40. The summed E-state index contributed by atoms with van der Waals surface area (Å²) in [6, 6.07) is 7.30. The van der Waals surface area contributed by atoms with Crippen molar-refractivity contribution in [3.63, 3.8) is 0 Å². The predicted octanol–water partition coefficient (Wildman–Crippen LogP) is 2.80. The smallest absolute Gasteiger partial charge is 0.350 e. The molecule has 0 unspecified atom stereocenters. The fourth-order valence-electron chi connectivity index (χ4n) is 1.85. The molecule has 5 nitrogen and oxygen atoms in total. The molecular weight excluding hydrogens is 359 g/mol. The summed E-state index contributed by atoms with van der Waals surface area (Å²) in [5.74, 6) is -1.05. The topological polar surface area (TPSA) is 71.1 Å². The number of aromatic nitrogens is 1. The number of hydrogen-bond acceptors (Lipinski definition) is 3. The maximum atomic E-state index is 12.5. The lowest BCUT2D eigenvalue weighted by molar-refractivity contribution is -0.137. The normalized spacial score (nSPS) is 11.0. The minimum Gasteiger partial charge on any atom is -0.350 e. The molecule has 0 spiro atoms. The molecule has 2 N–H and O–H groups in total. The van der Waals surface area contributed by atoms with Crippen LogP contribution in [0, 0.1) is 0 Å². The number of halogens is 4. The van der Waals surface area contributed by atoms with Crippen molar-refractivity contribution in [1.82, 2.24) is 15.6 Å².